The molecule has 35 heavy (non-hydrogen) atoms. The molecule has 2 fully saturated rings. The van der Waals surface area contributed by atoms with Gasteiger partial charge in [-0.05, 0) is 37.8 Å². The average molecular weight is 499 g/mol. The molecular weight excluding hydrogens is 468 g/mol. The molecule has 192 valence electrons. The van der Waals surface area contributed by atoms with E-state index in [1.54, 1.807) is 6.07 Å². The Morgan fingerprint density at radius 3 is 1.74 bits per heavy atom. The molecule has 0 aromatic carbocycles. The smallest absolute Gasteiger partial charge is 0.337 e. The molecule has 0 spiro atoms. The summed E-state index contributed by atoms with van der Waals surface area (Å²) < 4.78 is 52.2. The average Bonchev–Trinajstić information content (AvgIpc) is 2.80. The normalized spacial score (nSPS) is 20.0. The lowest BCUT2D eigenvalue weighted by molar-refractivity contribution is -0.0391. The molecule has 2 aliphatic carbocycles. The van der Waals surface area contributed by atoms with Crippen LogP contribution in [-0.2, 0) is 6.61 Å². The second-order valence-electron chi connectivity index (χ2n) is 9.24. The van der Waals surface area contributed by atoms with Gasteiger partial charge in [0.2, 0.25) is 11.8 Å². The number of aliphatic hydroxyl groups excluding tert-OH is 1. The Labute approximate surface area is 200 Å². The van der Waals surface area contributed by atoms with E-state index >= 15 is 0 Å². The van der Waals surface area contributed by atoms with Gasteiger partial charge in [0, 0.05) is 48.8 Å². The monoisotopic (exact) mass is 498 g/mol. The van der Waals surface area contributed by atoms with Crippen LogP contribution in [-0.4, -0.2) is 38.0 Å². The van der Waals surface area contributed by atoms with Gasteiger partial charge in [0.15, 0.2) is 0 Å². The fourth-order valence-corrected chi connectivity index (χ4v) is 4.65. The SMILES string of the molecule is Nc1cnc(C2CCC(F)(F)CC2)c(C(=O)O)c1.Nc1cnc(C2CCC(F)(F)CC2)c(CO)c1. The standard InChI is InChI=1S/C12H14F2N2O2.C12H16F2N2O/c13-12(14)3-1-7(2-4-12)10-9(11(17)18)5-8(15)6-16-10;13-12(14)3-1-8(2-4-12)11-9(7-17)5-10(15)6-16-11/h5-7H,1-4,15H2,(H,17,18);5-6,8,17H,1-4,7,15H2. The molecule has 0 aliphatic heterocycles. The zero-order valence-electron chi connectivity index (χ0n) is 19.2. The van der Waals surface area contributed by atoms with E-state index in [0.717, 1.165) is 5.69 Å². The number of nitrogens with zero attached hydrogens (tertiary/aromatic N) is 2. The lowest BCUT2D eigenvalue weighted by atomic mass is 9.83. The Hall–Kier alpha value is -2.95. The number of carboxylic acids is 1. The van der Waals surface area contributed by atoms with Crippen LogP contribution in [0.25, 0.3) is 0 Å². The van der Waals surface area contributed by atoms with Crippen molar-refractivity contribution < 1.29 is 32.6 Å². The zero-order chi connectivity index (χ0) is 25.8. The maximum Gasteiger partial charge on any atom is 0.337 e. The Bertz CT molecular complexity index is 1030. The minimum Gasteiger partial charge on any atom is -0.478 e. The quantitative estimate of drug-likeness (QED) is 0.431. The second kappa shape index (κ2) is 10.8. The van der Waals surface area contributed by atoms with Crippen molar-refractivity contribution in [1.82, 2.24) is 9.97 Å². The van der Waals surface area contributed by atoms with Gasteiger partial charge in [-0.25, -0.2) is 22.4 Å². The fourth-order valence-electron chi connectivity index (χ4n) is 4.65. The number of pyridine rings is 2. The first-order valence-corrected chi connectivity index (χ1v) is 11.5. The van der Waals surface area contributed by atoms with Gasteiger partial charge in [-0.3, -0.25) is 9.97 Å². The highest BCUT2D eigenvalue weighted by Crippen LogP contribution is 2.42. The number of aliphatic hydroxyl groups is 1. The van der Waals surface area contributed by atoms with Crippen LogP contribution in [0.4, 0.5) is 28.9 Å². The van der Waals surface area contributed by atoms with Crippen LogP contribution in [0, 0.1) is 0 Å². The summed E-state index contributed by atoms with van der Waals surface area (Å²) in [5.41, 5.74) is 13.6. The summed E-state index contributed by atoms with van der Waals surface area (Å²) in [6.45, 7) is -0.153. The van der Waals surface area contributed by atoms with Crippen LogP contribution in [0.15, 0.2) is 24.5 Å². The van der Waals surface area contributed by atoms with Crippen molar-refractivity contribution in [3.05, 3.63) is 47.0 Å². The maximum atomic E-state index is 13.1. The molecule has 2 heterocycles. The first kappa shape index (κ1) is 26.7. The minimum absolute atomic E-state index is 0.0115. The number of anilines is 2. The zero-order valence-corrected chi connectivity index (χ0v) is 19.2. The van der Waals surface area contributed by atoms with Crippen LogP contribution >= 0.6 is 0 Å². The first-order chi connectivity index (χ1) is 16.4. The molecule has 0 saturated heterocycles. The molecule has 0 atom stereocenters. The van der Waals surface area contributed by atoms with E-state index in [9.17, 15) is 27.5 Å². The predicted molar refractivity (Wildman–Crippen MR) is 122 cm³/mol. The van der Waals surface area contributed by atoms with Gasteiger partial charge in [0.05, 0.1) is 41.6 Å². The van der Waals surface area contributed by atoms with Crippen LogP contribution in [0.5, 0.6) is 0 Å². The Balaban J connectivity index is 0.000000196. The van der Waals surface area contributed by atoms with E-state index in [1.165, 1.54) is 18.5 Å². The number of carboxylic acid groups (broad SMARTS) is 1. The number of aromatic nitrogens is 2. The summed E-state index contributed by atoms with van der Waals surface area (Å²) in [6.07, 6.45) is 3.58. The minimum atomic E-state index is -2.63. The Morgan fingerprint density at radius 1 is 0.857 bits per heavy atom. The third-order valence-electron chi connectivity index (χ3n) is 6.57. The van der Waals surface area contributed by atoms with Crippen LogP contribution < -0.4 is 11.5 Å². The highest BCUT2D eigenvalue weighted by molar-refractivity contribution is 5.90. The van der Waals surface area contributed by atoms with Crippen molar-refractivity contribution in [2.24, 2.45) is 0 Å². The van der Waals surface area contributed by atoms with Gasteiger partial charge in [-0.1, -0.05) is 0 Å². The highest BCUT2D eigenvalue weighted by Gasteiger charge is 2.37. The number of nitrogens with two attached hydrogens (primary N) is 2. The summed E-state index contributed by atoms with van der Waals surface area (Å²) >= 11 is 0. The van der Waals surface area contributed by atoms with E-state index in [1.807, 2.05) is 0 Å². The van der Waals surface area contributed by atoms with Gasteiger partial charge in [-0.2, -0.15) is 0 Å². The third-order valence-corrected chi connectivity index (χ3v) is 6.57. The van der Waals surface area contributed by atoms with Crippen molar-refractivity contribution in [2.45, 2.75) is 81.7 Å². The van der Waals surface area contributed by atoms with E-state index in [2.05, 4.69) is 9.97 Å². The van der Waals surface area contributed by atoms with Crippen molar-refractivity contribution >= 4 is 17.3 Å². The lowest BCUT2D eigenvalue weighted by Gasteiger charge is -2.28. The number of hydrogen-bond donors (Lipinski definition) is 4. The molecule has 0 unspecified atom stereocenters. The lowest BCUT2D eigenvalue weighted by Crippen LogP contribution is -2.25. The molecule has 2 aromatic rings. The maximum absolute atomic E-state index is 13.1. The summed E-state index contributed by atoms with van der Waals surface area (Å²) in [6, 6.07) is 2.99. The molecule has 6 N–H and O–H groups in total. The van der Waals surface area contributed by atoms with Gasteiger partial charge in [0.25, 0.3) is 0 Å². The number of carbonyl (C=O) groups is 1. The number of aromatic carboxylic acids is 1. The van der Waals surface area contributed by atoms with Crippen LogP contribution in [0.1, 0.15) is 90.5 Å². The first-order valence-electron chi connectivity index (χ1n) is 11.5. The molecule has 2 saturated carbocycles. The van der Waals surface area contributed by atoms with Crippen LogP contribution in [0.2, 0.25) is 0 Å². The van der Waals surface area contributed by atoms with E-state index in [4.69, 9.17) is 16.6 Å². The van der Waals surface area contributed by atoms with Gasteiger partial charge in [0.1, 0.15) is 0 Å². The summed E-state index contributed by atoms with van der Waals surface area (Å²) in [4.78, 5) is 19.3. The van der Waals surface area contributed by atoms with Crippen molar-refractivity contribution in [3.63, 3.8) is 0 Å². The van der Waals surface area contributed by atoms with E-state index in [-0.39, 0.29) is 68.2 Å². The molecule has 0 amide bonds. The van der Waals surface area contributed by atoms with Gasteiger partial charge >= 0.3 is 5.97 Å². The molecule has 4 rings (SSSR count). The largest absolute Gasteiger partial charge is 0.478 e. The van der Waals surface area contributed by atoms with E-state index in [0.29, 0.717) is 29.8 Å². The van der Waals surface area contributed by atoms with Crippen molar-refractivity contribution in [3.8, 4) is 0 Å². The topological polar surface area (TPSA) is 135 Å². The summed E-state index contributed by atoms with van der Waals surface area (Å²) in [5.74, 6) is -6.51. The molecular formula is C24H30F4N4O3. The molecule has 7 nitrogen and oxygen atoms in total. The van der Waals surface area contributed by atoms with Crippen molar-refractivity contribution in [1.29, 1.82) is 0 Å². The number of rotatable bonds is 4. The number of alkyl halides is 4. The van der Waals surface area contributed by atoms with E-state index < -0.39 is 17.8 Å². The highest BCUT2D eigenvalue weighted by atomic mass is 19.3. The third kappa shape index (κ3) is 7.03. The van der Waals surface area contributed by atoms with Crippen LogP contribution in [0.3, 0.4) is 0 Å². The molecule has 2 aliphatic rings. The van der Waals surface area contributed by atoms with Gasteiger partial charge in [-0.15, -0.1) is 0 Å². The summed E-state index contributed by atoms with van der Waals surface area (Å²) in [5, 5.41) is 18.3. The number of halogens is 4. The molecule has 11 heteroatoms. The summed E-state index contributed by atoms with van der Waals surface area (Å²) in [7, 11) is 0. The molecule has 0 bridgehead atoms. The fraction of sp³-hybridized carbons (Fsp3) is 0.542. The van der Waals surface area contributed by atoms with Crippen molar-refractivity contribution in [2.75, 3.05) is 11.5 Å². The number of nitrogen functional groups attached to an aromatic ring is 2. The molecule has 0 radical (unpaired) electrons. The molecule has 2 aromatic heterocycles. The Morgan fingerprint density at radius 2 is 1.29 bits per heavy atom. The number of hydrogen-bond acceptors (Lipinski definition) is 6. The Kier molecular flexibility index (Phi) is 8.19. The predicted octanol–water partition coefficient (Wildman–Crippen LogP) is 5.10. The second-order valence-corrected chi connectivity index (χ2v) is 9.24. The van der Waals surface area contributed by atoms with Gasteiger partial charge < -0.3 is 21.7 Å².